The summed E-state index contributed by atoms with van der Waals surface area (Å²) in [6, 6.07) is 0. The van der Waals surface area contributed by atoms with Gasteiger partial charge in [0.2, 0.25) is 5.91 Å². The Kier molecular flexibility index (Phi) is 4.54. The van der Waals surface area contributed by atoms with Crippen LogP contribution in [-0.2, 0) is 9.59 Å². The lowest BCUT2D eigenvalue weighted by Gasteiger charge is -2.41. The first-order valence-corrected chi connectivity index (χ1v) is 6.43. The molecule has 0 aliphatic heterocycles. The van der Waals surface area contributed by atoms with Gasteiger partial charge >= 0.3 is 5.97 Å². The third-order valence-corrected chi connectivity index (χ3v) is 3.79. The second kappa shape index (κ2) is 5.52. The highest BCUT2D eigenvalue weighted by atomic mass is 16.4. The van der Waals surface area contributed by atoms with Gasteiger partial charge in [-0.15, -0.1) is 0 Å². The monoisotopic (exact) mass is 241 g/mol. The van der Waals surface area contributed by atoms with Crippen molar-refractivity contribution in [2.75, 3.05) is 6.54 Å². The minimum Gasteiger partial charge on any atom is -0.480 e. The molecular formula is C13H23NO3. The maximum absolute atomic E-state index is 11.6. The number of rotatable bonds is 6. The van der Waals surface area contributed by atoms with E-state index in [9.17, 15) is 14.7 Å². The van der Waals surface area contributed by atoms with Crippen LogP contribution in [0.1, 0.15) is 52.9 Å². The van der Waals surface area contributed by atoms with Crippen LogP contribution in [0.2, 0.25) is 0 Å². The van der Waals surface area contributed by atoms with E-state index in [1.807, 2.05) is 6.92 Å². The molecule has 1 saturated carbocycles. The van der Waals surface area contributed by atoms with Gasteiger partial charge in [0.1, 0.15) is 5.54 Å². The molecule has 1 aliphatic carbocycles. The highest BCUT2D eigenvalue weighted by molar-refractivity contribution is 5.85. The molecule has 0 saturated heterocycles. The fourth-order valence-corrected chi connectivity index (χ4v) is 2.55. The van der Waals surface area contributed by atoms with Crippen molar-refractivity contribution < 1.29 is 14.7 Å². The van der Waals surface area contributed by atoms with E-state index in [4.69, 9.17) is 0 Å². The average molecular weight is 241 g/mol. The summed E-state index contributed by atoms with van der Waals surface area (Å²) in [7, 11) is 0. The van der Waals surface area contributed by atoms with Crippen LogP contribution in [0.15, 0.2) is 0 Å². The van der Waals surface area contributed by atoms with E-state index in [0.29, 0.717) is 18.9 Å². The number of hydrogen-bond donors (Lipinski definition) is 1. The molecule has 0 radical (unpaired) electrons. The van der Waals surface area contributed by atoms with Crippen LogP contribution in [0.5, 0.6) is 0 Å². The first-order chi connectivity index (χ1) is 7.91. The SMILES string of the molecule is CCCN(C(C)=O)C(C)(CC1CCC1)C(=O)O. The van der Waals surface area contributed by atoms with E-state index in [1.54, 1.807) is 6.92 Å². The van der Waals surface area contributed by atoms with Crippen LogP contribution in [0.4, 0.5) is 0 Å². The van der Waals surface area contributed by atoms with E-state index in [1.165, 1.54) is 18.2 Å². The number of carbonyl (C=O) groups is 2. The maximum atomic E-state index is 11.6. The Morgan fingerprint density at radius 2 is 2.00 bits per heavy atom. The highest BCUT2D eigenvalue weighted by Crippen LogP contribution is 2.36. The van der Waals surface area contributed by atoms with Crippen molar-refractivity contribution in [2.24, 2.45) is 5.92 Å². The zero-order valence-corrected chi connectivity index (χ0v) is 11.0. The molecule has 98 valence electrons. The fraction of sp³-hybridized carbons (Fsp3) is 0.846. The van der Waals surface area contributed by atoms with Gasteiger partial charge in [0, 0.05) is 13.5 Å². The molecule has 0 aromatic heterocycles. The molecule has 0 aromatic rings. The molecule has 0 heterocycles. The molecule has 1 N–H and O–H groups in total. The van der Waals surface area contributed by atoms with Crippen LogP contribution in [0.25, 0.3) is 0 Å². The molecule has 1 atom stereocenters. The molecule has 4 heteroatoms. The molecule has 1 amide bonds. The molecule has 1 rings (SSSR count). The van der Waals surface area contributed by atoms with E-state index >= 15 is 0 Å². The molecule has 1 unspecified atom stereocenters. The minimum atomic E-state index is -1.03. The molecule has 1 fully saturated rings. The summed E-state index contributed by atoms with van der Waals surface area (Å²) in [5.74, 6) is -0.557. The summed E-state index contributed by atoms with van der Waals surface area (Å²) in [4.78, 5) is 24.7. The topological polar surface area (TPSA) is 57.6 Å². The van der Waals surface area contributed by atoms with Crippen molar-refractivity contribution in [1.29, 1.82) is 0 Å². The summed E-state index contributed by atoms with van der Waals surface area (Å²) in [6.45, 7) is 5.62. The van der Waals surface area contributed by atoms with E-state index in [2.05, 4.69) is 0 Å². The van der Waals surface area contributed by atoms with Crippen molar-refractivity contribution in [2.45, 2.75) is 58.4 Å². The number of aliphatic carboxylic acids is 1. The number of carbonyl (C=O) groups excluding carboxylic acids is 1. The predicted molar refractivity (Wildman–Crippen MR) is 65.7 cm³/mol. The van der Waals surface area contributed by atoms with Crippen LogP contribution in [0, 0.1) is 5.92 Å². The van der Waals surface area contributed by atoms with Crippen molar-refractivity contribution in [3.63, 3.8) is 0 Å². The second-order valence-electron chi connectivity index (χ2n) is 5.25. The second-order valence-corrected chi connectivity index (χ2v) is 5.25. The van der Waals surface area contributed by atoms with E-state index in [-0.39, 0.29) is 5.91 Å². The lowest BCUT2D eigenvalue weighted by Crippen LogP contribution is -2.56. The normalized spacial score (nSPS) is 19.2. The van der Waals surface area contributed by atoms with Crippen LogP contribution < -0.4 is 0 Å². The van der Waals surface area contributed by atoms with Crippen LogP contribution in [0.3, 0.4) is 0 Å². The smallest absolute Gasteiger partial charge is 0.329 e. The van der Waals surface area contributed by atoms with Gasteiger partial charge < -0.3 is 10.0 Å². The van der Waals surface area contributed by atoms with Gasteiger partial charge in [0.05, 0.1) is 0 Å². The highest BCUT2D eigenvalue weighted by Gasteiger charge is 2.43. The third kappa shape index (κ3) is 2.99. The molecule has 4 nitrogen and oxygen atoms in total. The Labute approximate surface area is 103 Å². The van der Waals surface area contributed by atoms with Gasteiger partial charge in [-0.05, 0) is 25.7 Å². The number of hydrogen-bond acceptors (Lipinski definition) is 2. The number of carboxylic acid groups (broad SMARTS) is 1. The van der Waals surface area contributed by atoms with Crippen LogP contribution >= 0.6 is 0 Å². The van der Waals surface area contributed by atoms with Crippen LogP contribution in [-0.4, -0.2) is 34.0 Å². The van der Waals surface area contributed by atoms with Gasteiger partial charge in [0.15, 0.2) is 0 Å². The minimum absolute atomic E-state index is 0.143. The largest absolute Gasteiger partial charge is 0.480 e. The van der Waals surface area contributed by atoms with Crippen molar-refractivity contribution in [3.05, 3.63) is 0 Å². The third-order valence-electron chi connectivity index (χ3n) is 3.79. The molecular weight excluding hydrogens is 218 g/mol. The number of carboxylic acids is 1. The first-order valence-electron chi connectivity index (χ1n) is 6.43. The summed E-state index contributed by atoms with van der Waals surface area (Å²) in [6.07, 6.45) is 4.75. The number of amides is 1. The summed E-state index contributed by atoms with van der Waals surface area (Å²) < 4.78 is 0. The Morgan fingerprint density at radius 3 is 2.29 bits per heavy atom. The predicted octanol–water partition coefficient (Wildman–Crippen LogP) is 2.28. The summed E-state index contributed by atoms with van der Waals surface area (Å²) in [5, 5.41) is 9.45. The average Bonchev–Trinajstić information content (AvgIpc) is 2.19. The van der Waals surface area contributed by atoms with Crippen molar-refractivity contribution in [3.8, 4) is 0 Å². The summed E-state index contributed by atoms with van der Waals surface area (Å²) >= 11 is 0. The molecule has 17 heavy (non-hydrogen) atoms. The lowest BCUT2D eigenvalue weighted by molar-refractivity contribution is -0.159. The first kappa shape index (κ1) is 14.0. The molecule has 0 spiro atoms. The maximum Gasteiger partial charge on any atom is 0.329 e. The van der Waals surface area contributed by atoms with Gasteiger partial charge in [-0.25, -0.2) is 4.79 Å². The molecule has 0 aromatic carbocycles. The zero-order valence-electron chi connectivity index (χ0n) is 11.0. The Balaban J connectivity index is 2.85. The van der Waals surface area contributed by atoms with Crippen molar-refractivity contribution in [1.82, 2.24) is 4.90 Å². The van der Waals surface area contributed by atoms with Crippen molar-refractivity contribution >= 4 is 11.9 Å². The van der Waals surface area contributed by atoms with Gasteiger partial charge in [-0.1, -0.05) is 26.2 Å². The Bertz CT molecular complexity index is 299. The van der Waals surface area contributed by atoms with E-state index < -0.39 is 11.5 Å². The number of nitrogens with zero attached hydrogens (tertiary/aromatic N) is 1. The Morgan fingerprint density at radius 1 is 1.41 bits per heavy atom. The van der Waals surface area contributed by atoms with Gasteiger partial charge in [0.25, 0.3) is 0 Å². The summed E-state index contributed by atoms with van der Waals surface area (Å²) in [5.41, 5.74) is -1.03. The quantitative estimate of drug-likeness (QED) is 0.776. The fourth-order valence-electron chi connectivity index (χ4n) is 2.55. The standard InChI is InChI=1S/C13H23NO3/c1-4-8-14(10(2)15)13(3,12(16)17)9-11-6-5-7-11/h11H,4-9H2,1-3H3,(H,16,17). The molecule has 1 aliphatic rings. The van der Waals surface area contributed by atoms with E-state index in [0.717, 1.165) is 19.3 Å². The zero-order chi connectivity index (χ0) is 13.1. The lowest BCUT2D eigenvalue weighted by atomic mass is 9.76. The van der Waals surface area contributed by atoms with Gasteiger partial charge in [-0.3, -0.25) is 4.79 Å². The Hall–Kier alpha value is -1.06. The van der Waals surface area contributed by atoms with Gasteiger partial charge in [-0.2, -0.15) is 0 Å². The molecule has 0 bridgehead atoms.